The Labute approximate surface area is 117 Å². The predicted molar refractivity (Wildman–Crippen MR) is 79.7 cm³/mol. The monoisotopic (exact) mass is 262 g/mol. The van der Waals surface area contributed by atoms with Gasteiger partial charge in [0.1, 0.15) is 5.76 Å². The topological polar surface area (TPSA) is 30.2 Å². The molecule has 0 amide bonds. The summed E-state index contributed by atoms with van der Waals surface area (Å²) < 4.78 is 5.41. The number of aldehydes is 1. The van der Waals surface area contributed by atoms with E-state index >= 15 is 0 Å². The van der Waals surface area contributed by atoms with Gasteiger partial charge in [-0.25, -0.2) is 0 Å². The van der Waals surface area contributed by atoms with Crippen molar-refractivity contribution in [3.63, 3.8) is 0 Å². The van der Waals surface area contributed by atoms with Crippen LogP contribution >= 0.6 is 0 Å². The normalized spacial score (nSPS) is 10.4. The fourth-order valence-electron chi connectivity index (χ4n) is 2.14. The molecule has 3 aromatic rings. The Bertz CT molecular complexity index is 719. The minimum atomic E-state index is 0.350. The molecule has 0 saturated carbocycles. The molecule has 98 valence electrons. The summed E-state index contributed by atoms with van der Waals surface area (Å²) in [7, 11) is 0. The SMILES string of the molecule is Cc1ccc(-c2ccc(-c3ccc(C=O)o3)cc2)cc1. The molecule has 2 nitrogen and oxygen atoms in total. The summed E-state index contributed by atoms with van der Waals surface area (Å²) in [6.07, 6.45) is 0.712. The molecule has 0 N–H and O–H groups in total. The number of hydrogen-bond donors (Lipinski definition) is 0. The van der Waals surface area contributed by atoms with Gasteiger partial charge in [-0.1, -0.05) is 54.1 Å². The molecule has 0 unspecified atom stereocenters. The van der Waals surface area contributed by atoms with Gasteiger partial charge in [-0.3, -0.25) is 4.79 Å². The highest BCUT2D eigenvalue weighted by molar-refractivity contribution is 5.73. The molecular weight excluding hydrogens is 248 g/mol. The molecule has 0 saturated heterocycles. The number of aryl methyl sites for hydroxylation is 1. The van der Waals surface area contributed by atoms with E-state index in [1.807, 2.05) is 18.2 Å². The summed E-state index contributed by atoms with van der Waals surface area (Å²) in [4.78, 5) is 10.6. The molecule has 3 rings (SSSR count). The lowest BCUT2D eigenvalue weighted by Crippen LogP contribution is -1.80. The largest absolute Gasteiger partial charge is 0.453 e. The second-order valence-electron chi connectivity index (χ2n) is 4.76. The van der Waals surface area contributed by atoms with Gasteiger partial charge in [0.05, 0.1) is 0 Å². The van der Waals surface area contributed by atoms with E-state index in [9.17, 15) is 4.79 Å². The van der Waals surface area contributed by atoms with Crippen molar-refractivity contribution in [3.8, 4) is 22.5 Å². The molecule has 0 bridgehead atoms. The first-order valence-electron chi connectivity index (χ1n) is 6.49. The Morgan fingerprint density at radius 1 is 0.750 bits per heavy atom. The first kappa shape index (κ1) is 12.4. The van der Waals surface area contributed by atoms with Gasteiger partial charge < -0.3 is 4.42 Å². The minimum Gasteiger partial charge on any atom is -0.453 e. The van der Waals surface area contributed by atoms with Crippen LogP contribution in [0.25, 0.3) is 22.5 Å². The molecule has 0 fully saturated rings. The Kier molecular flexibility index (Phi) is 3.21. The highest BCUT2D eigenvalue weighted by Gasteiger charge is 2.04. The number of carbonyl (C=O) groups is 1. The number of furan rings is 1. The summed E-state index contributed by atoms with van der Waals surface area (Å²) in [6, 6.07) is 20.0. The predicted octanol–water partition coefficient (Wildman–Crippen LogP) is 4.73. The van der Waals surface area contributed by atoms with Gasteiger partial charge >= 0.3 is 0 Å². The fourth-order valence-corrected chi connectivity index (χ4v) is 2.14. The molecule has 0 spiro atoms. The lowest BCUT2D eigenvalue weighted by atomic mass is 10.0. The van der Waals surface area contributed by atoms with Crippen LogP contribution in [0.3, 0.4) is 0 Å². The van der Waals surface area contributed by atoms with Gasteiger partial charge in [0.15, 0.2) is 12.0 Å². The van der Waals surface area contributed by atoms with E-state index in [4.69, 9.17) is 4.42 Å². The average Bonchev–Trinajstić information content (AvgIpc) is 2.97. The lowest BCUT2D eigenvalue weighted by Gasteiger charge is -2.03. The minimum absolute atomic E-state index is 0.350. The van der Waals surface area contributed by atoms with Crippen LogP contribution < -0.4 is 0 Å². The van der Waals surface area contributed by atoms with Crippen LogP contribution in [0.15, 0.2) is 65.1 Å². The van der Waals surface area contributed by atoms with Crippen LogP contribution in [0.1, 0.15) is 16.1 Å². The van der Waals surface area contributed by atoms with Crippen molar-refractivity contribution in [2.75, 3.05) is 0 Å². The Morgan fingerprint density at radius 2 is 1.30 bits per heavy atom. The first-order valence-corrected chi connectivity index (χ1v) is 6.49. The zero-order valence-electron chi connectivity index (χ0n) is 11.2. The van der Waals surface area contributed by atoms with Crippen LogP contribution in [0.5, 0.6) is 0 Å². The fraction of sp³-hybridized carbons (Fsp3) is 0.0556. The van der Waals surface area contributed by atoms with Gasteiger partial charge in [-0.15, -0.1) is 0 Å². The van der Waals surface area contributed by atoms with Crippen molar-refractivity contribution in [1.82, 2.24) is 0 Å². The molecule has 1 heterocycles. The lowest BCUT2D eigenvalue weighted by molar-refractivity contribution is 0.110. The second-order valence-corrected chi connectivity index (χ2v) is 4.76. The van der Waals surface area contributed by atoms with E-state index in [0.29, 0.717) is 17.8 Å². The maximum atomic E-state index is 10.6. The standard InChI is InChI=1S/C18H14O2/c1-13-2-4-14(5-3-13)15-6-8-16(9-7-15)18-11-10-17(12-19)20-18/h2-12H,1H3. The summed E-state index contributed by atoms with van der Waals surface area (Å²) >= 11 is 0. The molecule has 2 aromatic carbocycles. The smallest absolute Gasteiger partial charge is 0.185 e. The molecule has 20 heavy (non-hydrogen) atoms. The molecule has 0 aliphatic rings. The molecule has 2 heteroatoms. The van der Waals surface area contributed by atoms with Gasteiger partial charge in [-0.05, 0) is 30.2 Å². The second kappa shape index (κ2) is 5.17. The van der Waals surface area contributed by atoms with Crippen LogP contribution in [-0.2, 0) is 0 Å². The number of carbonyl (C=O) groups excluding carboxylic acids is 1. The van der Waals surface area contributed by atoms with E-state index in [1.165, 1.54) is 11.1 Å². The third-order valence-electron chi connectivity index (χ3n) is 3.30. The van der Waals surface area contributed by atoms with E-state index in [0.717, 1.165) is 11.1 Å². The van der Waals surface area contributed by atoms with Crippen molar-refractivity contribution < 1.29 is 9.21 Å². The summed E-state index contributed by atoms with van der Waals surface area (Å²) in [5.41, 5.74) is 4.57. The third-order valence-corrected chi connectivity index (χ3v) is 3.30. The van der Waals surface area contributed by atoms with E-state index < -0.39 is 0 Å². The molecule has 1 aromatic heterocycles. The van der Waals surface area contributed by atoms with Crippen molar-refractivity contribution >= 4 is 6.29 Å². The Balaban J connectivity index is 1.91. The molecule has 0 aliphatic carbocycles. The van der Waals surface area contributed by atoms with Crippen LogP contribution in [0.4, 0.5) is 0 Å². The average molecular weight is 262 g/mol. The van der Waals surface area contributed by atoms with Gasteiger partial charge in [0, 0.05) is 5.56 Å². The van der Waals surface area contributed by atoms with Crippen LogP contribution in [0.2, 0.25) is 0 Å². The van der Waals surface area contributed by atoms with E-state index in [1.54, 1.807) is 6.07 Å². The van der Waals surface area contributed by atoms with Gasteiger partial charge in [-0.2, -0.15) is 0 Å². The molecule has 0 atom stereocenters. The zero-order valence-corrected chi connectivity index (χ0v) is 11.2. The molecule has 0 radical (unpaired) electrons. The highest BCUT2D eigenvalue weighted by atomic mass is 16.3. The number of hydrogen-bond acceptors (Lipinski definition) is 2. The summed E-state index contributed by atoms with van der Waals surface area (Å²) in [5.74, 6) is 1.06. The first-order chi connectivity index (χ1) is 9.76. The van der Waals surface area contributed by atoms with E-state index in [2.05, 4.69) is 43.3 Å². The summed E-state index contributed by atoms with van der Waals surface area (Å²) in [6.45, 7) is 2.08. The maximum Gasteiger partial charge on any atom is 0.185 e. The third kappa shape index (κ3) is 2.41. The Morgan fingerprint density at radius 3 is 1.85 bits per heavy atom. The molecular formula is C18H14O2. The quantitative estimate of drug-likeness (QED) is 0.638. The van der Waals surface area contributed by atoms with Crippen LogP contribution in [0, 0.1) is 6.92 Å². The molecule has 0 aliphatic heterocycles. The van der Waals surface area contributed by atoms with Crippen LogP contribution in [-0.4, -0.2) is 6.29 Å². The number of rotatable bonds is 3. The van der Waals surface area contributed by atoms with Gasteiger partial charge in [0.2, 0.25) is 0 Å². The highest BCUT2D eigenvalue weighted by Crippen LogP contribution is 2.26. The zero-order chi connectivity index (χ0) is 13.9. The van der Waals surface area contributed by atoms with Crippen molar-refractivity contribution in [2.45, 2.75) is 6.92 Å². The van der Waals surface area contributed by atoms with Crippen molar-refractivity contribution in [3.05, 3.63) is 72.0 Å². The van der Waals surface area contributed by atoms with Gasteiger partial charge in [0.25, 0.3) is 0 Å². The van der Waals surface area contributed by atoms with Crippen molar-refractivity contribution in [2.24, 2.45) is 0 Å². The van der Waals surface area contributed by atoms with Crippen molar-refractivity contribution in [1.29, 1.82) is 0 Å². The maximum absolute atomic E-state index is 10.6. The van der Waals surface area contributed by atoms with E-state index in [-0.39, 0.29) is 0 Å². The Hall–Kier alpha value is -2.61. The summed E-state index contributed by atoms with van der Waals surface area (Å²) in [5, 5.41) is 0. The number of benzene rings is 2.